The summed E-state index contributed by atoms with van der Waals surface area (Å²) in [5, 5.41) is 27.2. The van der Waals surface area contributed by atoms with E-state index >= 15 is 0 Å². The largest absolute Gasteiger partial charge is 0.504 e. The van der Waals surface area contributed by atoms with Gasteiger partial charge in [0.15, 0.2) is 23.0 Å². The predicted molar refractivity (Wildman–Crippen MR) is 93.7 cm³/mol. The van der Waals surface area contributed by atoms with Gasteiger partial charge in [-0.2, -0.15) is 10.2 Å². The van der Waals surface area contributed by atoms with Gasteiger partial charge in [-0.05, 0) is 61.4 Å². The molecular weight excluding hydrogens is 308 g/mol. The summed E-state index contributed by atoms with van der Waals surface area (Å²) in [7, 11) is 0. The first-order valence-electron chi connectivity index (χ1n) is 7.62. The van der Waals surface area contributed by atoms with Gasteiger partial charge in [0.2, 0.25) is 0 Å². The molecule has 0 aliphatic heterocycles. The van der Waals surface area contributed by atoms with E-state index < -0.39 is 0 Å². The Morgan fingerprint density at radius 3 is 1.58 bits per heavy atom. The van der Waals surface area contributed by atoms with Crippen molar-refractivity contribution in [1.29, 1.82) is 0 Å². The van der Waals surface area contributed by atoms with Gasteiger partial charge < -0.3 is 19.7 Å². The van der Waals surface area contributed by atoms with E-state index in [0.29, 0.717) is 24.7 Å². The molecule has 0 heterocycles. The number of phenols is 2. The third-order valence-corrected chi connectivity index (χ3v) is 3.05. The van der Waals surface area contributed by atoms with Crippen LogP contribution >= 0.6 is 0 Å². The lowest BCUT2D eigenvalue weighted by Crippen LogP contribution is -1.93. The molecule has 6 nitrogen and oxygen atoms in total. The van der Waals surface area contributed by atoms with E-state index in [1.54, 1.807) is 48.8 Å². The molecule has 0 saturated heterocycles. The van der Waals surface area contributed by atoms with Crippen LogP contribution in [-0.2, 0) is 0 Å². The highest BCUT2D eigenvalue weighted by molar-refractivity contribution is 5.83. The van der Waals surface area contributed by atoms with Gasteiger partial charge in [-0.15, -0.1) is 0 Å². The van der Waals surface area contributed by atoms with Gasteiger partial charge in [-0.3, -0.25) is 0 Å². The second-order valence-electron chi connectivity index (χ2n) is 4.81. The predicted octanol–water partition coefficient (Wildman–Crippen LogP) is 3.35. The monoisotopic (exact) mass is 328 g/mol. The Kier molecular flexibility index (Phi) is 6.19. The van der Waals surface area contributed by atoms with Gasteiger partial charge in [0.05, 0.1) is 25.6 Å². The van der Waals surface area contributed by atoms with Gasteiger partial charge in [0.25, 0.3) is 0 Å². The zero-order valence-electron chi connectivity index (χ0n) is 13.6. The minimum absolute atomic E-state index is 0.0880. The topological polar surface area (TPSA) is 83.6 Å². The number of phenolic OH excluding ortho intramolecular Hbond substituents is 2. The molecule has 0 atom stereocenters. The third-order valence-electron chi connectivity index (χ3n) is 3.05. The van der Waals surface area contributed by atoms with Crippen molar-refractivity contribution in [2.75, 3.05) is 13.2 Å². The minimum Gasteiger partial charge on any atom is -0.504 e. The smallest absolute Gasteiger partial charge is 0.161 e. The lowest BCUT2D eigenvalue weighted by molar-refractivity contribution is 0.318. The van der Waals surface area contributed by atoms with Crippen molar-refractivity contribution in [3.05, 3.63) is 47.5 Å². The average Bonchev–Trinajstić information content (AvgIpc) is 2.57. The molecule has 2 N–H and O–H groups in total. The van der Waals surface area contributed by atoms with Gasteiger partial charge in [0.1, 0.15) is 0 Å². The molecule has 0 spiro atoms. The van der Waals surface area contributed by atoms with Crippen LogP contribution in [0.1, 0.15) is 25.0 Å². The van der Waals surface area contributed by atoms with Crippen LogP contribution in [0.4, 0.5) is 0 Å². The number of hydrogen-bond donors (Lipinski definition) is 2. The SMILES string of the molecule is CCOc1cc(/C=N\N=C/c2ccc(O)c(OCC)c2)ccc1O. The van der Waals surface area contributed by atoms with Gasteiger partial charge in [-0.1, -0.05) is 0 Å². The molecule has 6 heteroatoms. The molecular formula is C18H20N2O4. The second kappa shape index (κ2) is 8.57. The number of benzene rings is 2. The Balaban J connectivity index is 2.07. The molecule has 0 aliphatic carbocycles. The van der Waals surface area contributed by atoms with Crippen molar-refractivity contribution in [2.24, 2.45) is 10.2 Å². The quantitative estimate of drug-likeness (QED) is 0.603. The number of rotatable bonds is 7. The summed E-state index contributed by atoms with van der Waals surface area (Å²) in [6, 6.07) is 9.89. The van der Waals surface area contributed by atoms with Crippen LogP contribution < -0.4 is 9.47 Å². The zero-order chi connectivity index (χ0) is 17.4. The van der Waals surface area contributed by atoms with Crippen molar-refractivity contribution in [3.63, 3.8) is 0 Å². The number of nitrogens with zero attached hydrogens (tertiary/aromatic N) is 2. The molecule has 126 valence electrons. The molecule has 0 aliphatic rings. The maximum absolute atomic E-state index is 9.65. The zero-order valence-corrected chi connectivity index (χ0v) is 13.6. The van der Waals surface area contributed by atoms with E-state index in [0.717, 1.165) is 11.1 Å². The van der Waals surface area contributed by atoms with Crippen LogP contribution in [0.3, 0.4) is 0 Å². The highest BCUT2D eigenvalue weighted by Gasteiger charge is 2.03. The molecule has 0 amide bonds. The number of hydrogen-bond acceptors (Lipinski definition) is 6. The van der Waals surface area contributed by atoms with E-state index in [1.807, 2.05) is 13.8 Å². The third kappa shape index (κ3) is 4.74. The van der Waals surface area contributed by atoms with E-state index in [-0.39, 0.29) is 11.5 Å². The van der Waals surface area contributed by atoms with Gasteiger partial charge in [0, 0.05) is 0 Å². The average molecular weight is 328 g/mol. The normalized spacial score (nSPS) is 11.2. The number of aromatic hydroxyl groups is 2. The van der Waals surface area contributed by atoms with E-state index in [2.05, 4.69) is 10.2 Å². The maximum Gasteiger partial charge on any atom is 0.161 e. The molecule has 0 unspecified atom stereocenters. The minimum atomic E-state index is 0.0880. The van der Waals surface area contributed by atoms with Crippen LogP contribution in [0, 0.1) is 0 Å². The lowest BCUT2D eigenvalue weighted by atomic mass is 10.2. The van der Waals surface area contributed by atoms with E-state index in [1.165, 1.54) is 0 Å². The second-order valence-corrected chi connectivity index (χ2v) is 4.81. The first-order chi connectivity index (χ1) is 11.6. The fraction of sp³-hybridized carbons (Fsp3) is 0.222. The summed E-state index contributed by atoms with van der Waals surface area (Å²) in [4.78, 5) is 0. The van der Waals surface area contributed by atoms with Crippen LogP contribution in [-0.4, -0.2) is 35.9 Å². The van der Waals surface area contributed by atoms with Crippen LogP contribution in [0.2, 0.25) is 0 Å². The Bertz CT molecular complexity index is 678. The Morgan fingerprint density at radius 2 is 1.21 bits per heavy atom. The first kappa shape index (κ1) is 17.3. The number of ether oxygens (including phenoxy) is 2. The van der Waals surface area contributed by atoms with E-state index in [9.17, 15) is 10.2 Å². The van der Waals surface area contributed by atoms with Crippen molar-refractivity contribution in [2.45, 2.75) is 13.8 Å². The summed E-state index contributed by atoms with van der Waals surface area (Å²) in [5.41, 5.74) is 1.52. The highest BCUT2D eigenvalue weighted by Crippen LogP contribution is 2.27. The maximum atomic E-state index is 9.65. The van der Waals surface area contributed by atoms with Crippen LogP contribution in [0.15, 0.2) is 46.6 Å². The van der Waals surface area contributed by atoms with Crippen LogP contribution in [0.5, 0.6) is 23.0 Å². The lowest BCUT2D eigenvalue weighted by Gasteiger charge is -2.05. The molecule has 0 bridgehead atoms. The van der Waals surface area contributed by atoms with Crippen molar-refractivity contribution in [3.8, 4) is 23.0 Å². The summed E-state index contributed by atoms with van der Waals surface area (Å²) in [6.45, 7) is 4.63. The molecule has 2 aromatic rings. The summed E-state index contributed by atoms with van der Waals surface area (Å²) >= 11 is 0. The van der Waals surface area contributed by atoms with Crippen molar-refractivity contribution < 1.29 is 19.7 Å². The molecule has 0 fully saturated rings. The fourth-order valence-electron chi connectivity index (χ4n) is 1.96. The standard InChI is InChI=1S/C18H20N2O4/c1-3-23-17-9-13(5-7-15(17)21)11-19-20-12-14-6-8-16(22)18(10-14)24-4-2/h5-12,21-22H,3-4H2,1-2H3/b19-11-,20-12-. The first-order valence-corrected chi connectivity index (χ1v) is 7.62. The van der Waals surface area contributed by atoms with Crippen LogP contribution in [0.25, 0.3) is 0 Å². The Morgan fingerprint density at radius 1 is 0.792 bits per heavy atom. The summed E-state index contributed by atoms with van der Waals surface area (Å²) < 4.78 is 10.6. The molecule has 0 radical (unpaired) electrons. The molecule has 2 aromatic carbocycles. The Hall–Kier alpha value is -3.02. The van der Waals surface area contributed by atoms with E-state index in [4.69, 9.17) is 9.47 Å². The molecule has 0 saturated carbocycles. The molecule has 24 heavy (non-hydrogen) atoms. The van der Waals surface area contributed by atoms with Crippen molar-refractivity contribution in [1.82, 2.24) is 0 Å². The van der Waals surface area contributed by atoms with Crippen molar-refractivity contribution >= 4 is 12.4 Å². The summed E-state index contributed by atoms with van der Waals surface area (Å²) in [5.74, 6) is 0.991. The fourth-order valence-corrected chi connectivity index (χ4v) is 1.96. The summed E-state index contributed by atoms with van der Waals surface area (Å²) in [6.07, 6.45) is 3.12. The van der Waals surface area contributed by atoms with Gasteiger partial charge >= 0.3 is 0 Å². The van der Waals surface area contributed by atoms with Gasteiger partial charge in [-0.25, -0.2) is 0 Å². The Labute approximate surface area is 140 Å². The highest BCUT2D eigenvalue weighted by atomic mass is 16.5. The molecule has 2 rings (SSSR count). The molecule has 0 aromatic heterocycles.